The van der Waals surface area contributed by atoms with Crippen LogP contribution in [0.25, 0.3) is 0 Å². The predicted octanol–water partition coefficient (Wildman–Crippen LogP) is 3.36. The SMILES string of the molecule is Cc1ccc(S(=O)(=O)NC(Cc2cccc(C)n2)c2cccnc2)cc1. The molecule has 0 bridgehead atoms. The number of nitrogens with zero attached hydrogens (tertiary/aromatic N) is 2. The summed E-state index contributed by atoms with van der Waals surface area (Å²) in [5.74, 6) is 0. The van der Waals surface area contributed by atoms with Crippen molar-refractivity contribution in [3.8, 4) is 0 Å². The van der Waals surface area contributed by atoms with E-state index in [2.05, 4.69) is 14.7 Å². The van der Waals surface area contributed by atoms with E-state index in [0.717, 1.165) is 22.5 Å². The summed E-state index contributed by atoms with van der Waals surface area (Å²) >= 11 is 0. The van der Waals surface area contributed by atoms with Crippen molar-refractivity contribution in [2.24, 2.45) is 0 Å². The minimum absolute atomic E-state index is 0.245. The highest BCUT2D eigenvalue weighted by molar-refractivity contribution is 7.89. The molecule has 1 unspecified atom stereocenters. The first-order valence-corrected chi connectivity index (χ1v) is 9.84. The van der Waals surface area contributed by atoms with E-state index in [9.17, 15) is 8.42 Å². The molecule has 6 heteroatoms. The van der Waals surface area contributed by atoms with Crippen LogP contribution >= 0.6 is 0 Å². The molecule has 1 aromatic carbocycles. The maximum atomic E-state index is 12.8. The van der Waals surface area contributed by atoms with Crippen molar-refractivity contribution >= 4 is 10.0 Å². The molecule has 1 atom stereocenters. The number of benzene rings is 1. The first-order valence-electron chi connectivity index (χ1n) is 8.35. The van der Waals surface area contributed by atoms with E-state index in [0.29, 0.717) is 6.42 Å². The monoisotopic (exact) mass is 367 g/mol. The van der Waals surface area contributed by atoms with Gasteiger partial charge in [0.05, 0.1) is 10.9 Å². The quantitative estimate of drug-likeness (QED) is 0.725. The van der Waals surface area contributed by atoms with E-state index >= 15 is 0 Å². The molecule has 0 fully saturated rings. The van der Waals surface area contributed by atoms with Gasteiger partial charge in [-0.3, -0.25) is 9.97 Å². The van der Waals surface area contributed by atoms with Gasteiger partial charge in [-0.15, -0.1) is 0 Å². The summed E-state index contributed by atoms with van der Waals surface area (Å²) in [6.07, 6.45) is 3.79. The van der Waals surface area contributed by atoms with Gasteiger partial charge in [0.2, 0.25) is 10.0 Å². The van der Waals surface area contributed by atoms with Crippen molar-refractivity contribution in [2.75, 3.05) is 0 Å². The first kappa shape index (κ1) is 18.2. The Morgan fingerprint density at radius 2 is 1.77 bits per heavy atom. The van der Waals surface area contributed by atoms with Gasteiger partial charge in [-0.25, -0.2) is 13.1 Å². The summed E-state index contributed by atoms with van der Waals surface area (Å²) < 4.78 is 28.5. The molecule has 0 radical (unpaired) electrons. The third-order valence-corrected chi connectivity index (χ3v) is 5.56. The normalized spacial score (nSPS) is 12.7. The second-order valence-electron chi connectivity index (χ2n) is 6.25. The van der Waals surface area contributed by atoms with E-state index in [4.69, 9.17) is 0 Å². The van der Waals surface area contributed by atoms with E-state index < -0.39 is 16.1 Å². The largest absolute Gasteiger partial charge is 0.264 e. The molecule has 5 nitrogen and oxygen atoms in total. The number of rotatable bonds is 6. The van der Waals surface area contributed by atoms with Gasteiger partial charge >= 0.3 is 0 Å². The fraction of sp³-hybridized carbons (Fsp3) is 0.200. The van der Waals surface area contributed by atoms with Gasteiger partial charge < -0.3 is 0 Å². The van der Waals surface area contributed by atoms with Gasteiger partial charge in [-0.1, -0.05) is 29.8 Å². The van der Waals surface area contributed by atoms with Crippen molar-refractivity contribution < 1.29 is 8.42 Å². The molecule has 26 heavy (non-hydrogen) atoms. The zero-order chi connectivity index (χ0) is 18.6. The van der Waals surface area contributed by atoms with Crippen molar-refractivity contribution in [3.05, 3.63) is 89.5 Å². The molecular formula is C20H21N3O2S. The number of hydrogen-bond acceptors (Lipinski definition) is 4. The van der Waals surface area contributed by atoms with E-state index in [1.807, 2.05) is 38.1 Å². The molecule has 0 aliphatic carbocycles. The maximum Gasteiger partial charge on any atom is 0.241 e. The highest BCUT2D eigenvalue weighted by Crippen LogP contribution is 2.21. The first-order chi connectivity index (χ1) is 12.4. The summed E-state index contributed by atoms with van der Waals surface area (Å²) in [5.41, 5.74) is 3.53. The van der Waals surface area contributed by atoms with Crippen LogP contribution in [0, 0.1) is 13.8 Å². The molecule has 2 aromatic heterocycles. The lowest BCUT2D eigenvalue weighted by Gasteiger charge is -2.19. The smallest absolute Gasteiger partial charge is 0.241 e. The zero-order valence-corrected chi connectivity index (χ0v) is 15.6. The molecular weight excluding hydrogens is 346 g/mol. The number of hydrogen-bond donors (Lipinski definition) is 1. The third-order valence-electron chi connectivity index (χ3n) is 4.07. The molecule has 0 saturated carbocycles. The fourth-order valence-electron chi connectivity index (χ4n) is 2.70. The molecule has 3 rings (SSSR count). The number of aryl methyl sites for hydroxylation is 2. The van der Waals surface area contributed by atoms with Crippen molar-refractivity contribution in [3.63, 3.8) is 0 Å². The number of aromatic nitrogens is 2. The Hall–Kier alpha value is -2.57. The van der Waals surface area contributed by atoms with Crippen LogP contribution in [0.5, 0.6) is 0 Å². The summed E-state index contributed by atoms with van der Waals surface area (Å²) in [4.78, 5) is 8.87. The van der Waals surface area contributed by atoms with Crippen LogP contribution in [-0.2, 0) is 16.4 Å². The zero-order valence-electron chi connectivity index (χ0n) is 14.8. The van der Waals surface area contributed by atoms with Crippen LogP contribution in [-0.4, -0.2) is 18.4 Å². The highest BCUT2D eigenvalue weighted by Gasteiger charge is 2.22. The van der Waals surface area contributed by atoms with E-state index in [-0.39, 0.29) is 4.90 Å². The van der Waals surface area contributed by atoms with Gasteiger partial charge in [-0.2, -0.15) is 0 Å². The fourth-order valence-corrected chi connectivity index (χ4v) is 3.93. The predicted molar refractivity (Wildman–Crippen MR) is 101 cm³/mol. The number of sulfonamides is 1. The van der Waals surface area contributed by atoms with Gasteiger partial charge in [0.1, 0.15) is 0 Å². The summed E-state index contributed by atoms with van der Waals surface area (Å²) in [6, 6.07) is 15.8. The molecule has 0 saturated heterocycles. The Labute approximate surface area is 154 Å². The van der Waals surface area contributed by atoms with Crippen LogP contribution in [0.2, 0.25) is 0 Å². The summed E-state index contributed by atoms with van der Waals surface area (Å²) in [7, 11) is -3.66. The molecule has 134 valence electrons. The van der Waals surface area contributed by atoms with Crippen LogP contribution in [0.15, 0.2) is 71.9 Å². The summed E-state index contributed by atoms with van der Waals surface area (Å²) in [5, 5.41) is 0. The average Bonchev–Trinajstić information content (AvgIpc) is 2.62. The second kappa shape index (κ2) is 7.76. The lowest BCUT2D eigenvalue weighted by Crippen LogP contribution is -2.30. The van der Waals surface area contributed by atoms with Crippen LogP contribution in [0.4, 0.5) is 0 Å². The molecule has 0 amide bonds. The minimum atomic E-state index is -3.66. The Morgan fingerprint density at radius 3 is 2.42 bits per heavy atom. The van der Waals surface area contributed by atoms with Gasteiger partial charge in [0.25, 0.3) is 0 Å². The number of nitrogens with one attached hydrogen (secondary N) is 1. The summed E-state index contributed by atoms with van der Waals surface area (Å²) in [6.45, 7) is 3.84. The van der Waals surface area contributed by atoms with E-state index in [1.54, 1.807) is 42.7 Å². The van der Waals surface area contributed by atoms with Crippen molar-refractivity contribution in [2.45, 2.75) is 31.2 Å². The second-order valence-corrected chi connectivity index (χ2v) is 7.96. The van der Waals surface area contributed by atoms with Crippen LogP contribution in [0.3, 0.4) is 0 Å². The average molecular weight is 367 g/mol. The van der Waals surface area contributed by atoms with Crippen LogP contribution < -0.4 is 4.72 Å². The third kappa shape index (κ3) is 4.53. The highest BCUT2D eigenvalue weighted by atomic mass is 32.2. The Bertz CT molecular complexity index is 971. The van der Waals surface area contributed by atoms with Gasteiger partial charge in [-0.05, 0) is 49.7 Å². The van der Waals surface area contributed by atoms with E-state index in [1.165, 1.54) is 0 Å². The van der Waals surface area contributed by atoms with Crippen molar-refractivity contribution in [1.29, 1.82) is 0 Å². The van der Waals surface area contributed by atoms with Gasteiger partial charge in [0.15, 0.2) is 0 Å². The van der Waals surface area contributed by atoms with Crippen molar-refractivity contribution in [1.82, 2.24) is 14.7 Å². The topological polar surface area (TPSA) is 72.0 Å². The molecule has 1 N–H and O–H groups in total. The molecule has 0 spiro atoms. The molecule has 0 aliphatic heterocycles. The maximum absolute atomic E-state index is 12.8. The van der Waals surface area contributed by atoms with Crippen LogP contribution in [0.1, 0.15) is 28.6 Å². The lowest BCUT2D eigenvalue weighted by atomic mass is 10.0. The standard InChI is InChI=1S/C20H21N3O2S/c1-15-8-10-19(11-9-15)26(24,25)23-20(17-6-4-12-21-14-17)13-18-7-3-5-16(2)22-18/h3-12,14,20,23H,13H2,1-2H3. The minimum Gasteiger partial charge on any atom is -0.264 e. The Morgan fingerprint density at radius 1 is 1.00 bits per heavy atom. The molecule has 0 aliphatic rings. The Kier molecular flexibility index (Phi) is 5.44. The number of pyridine rings is 2. The lowest BCUT2D eigenvalue weighted by molar-refractivity contribution is 0.552. The Balaban J connectivity index is 1.92. The van der Waals surface area contributed by atoms with Gasteiger partial charge in [0, 0.05) is 30.2 Å². The molecule has 3 aromatic rings. The molecule has 2 heterocycles.